The van der Waals surface area contributed by atoms with Crippen molar-refractivity contribution in [2.24, 2.45) is 0 Å². The number of imide groups is 2. The number of aryl methyl sites for hydroxylation is 1. The molecule has 0 aliphatic carbocycles. The Kier molecular flexibility index (Phi) is 9.41. The maximum Gasteiger partial charge on any atom is 0.335 e. The third-order valence-electron chi connectivity index (χ3n) is 5.93. The zero-order chi connectivity index (χ0) is 29.5. The number of nitrogens with zero attached hydrogens (tertiary/aromatic N) is 1. The molecule has 3 aromatic carbocycles. The molecule has 4 rings (SSSR count). The number of amides is 5. The van der Waals surface area contributed by atoms with E-state index >= 15 is 0 Å². The van der Waals surface area contributed by atoms with Crippen LogP contribution in [-0.2, 0) is 14.4 Å². The Morgan fingerprint density at radius 3 is 2.41 bits per heavy atom. The lowest BCUT2D eigenvalue weighted by atomic mass is 10.1. The molecular formula is C30H28BrN3O7. The molecule has 0 saturated carbocycles. The number of methoxy groups -OCH3 is 1. The fraction of sp³-hybridized carbons (Fsp3) is 0.200. The summed E-state index contributed by atoms with van der Waals surface area (Å²) in [5, 5.41) is 4.95. The van der Waals surface area contributed by atoms with Crippen molar-refractivity contribution in [1.29, 1.82) is 0 Å². The van der Waals surface area contributed by atoms with Gasteiger partial charge in [-0.2, -0.15) is 0 Å². The number of nitrogens with one attached hydrogen (secondary N) is 2. The van der Waals surface area contributed by atoms with E-state index in [2.05, 4.69) is 26.6 Å². The number of rotatable bonds is 10. The zero-order valence-electron chi connectivity index (χ0n) is 22.7. The van der Waals surface area contributed by atoms with Gasteiger partial charge < -0.3 is 19.5 Å². The van der Waals surface area contributed by atoms with E-state index < -0.39 is 17.8 Å². The van der Waals surface area contributed by atoms with E-state index in [0.29, 0.717) is 33.8 Å². The Balaban J connectivity index is 1.58. The summed E-state index contributed by atoms with van der Waals surface area (Å²) < 4.78 is 17.4. The number of halogens is 1. The van der Waals surface area contributed by atoms with Crippen LogP contribution in [0.2, 0.25) is 0 Å². The summed E-state index contributed by atoms with van der Waals surface area (Å²) in [6.07, 6.45) is 2.10. The maximum atomic E-state index is 13.5. The first-order valence-electron chi connectivity index (χ1n) is 12.7. The molecule has 1 saturated heterocycles. The number of urea groups is 1. The Morgan fingerprint density at radius 2 is 1.71 bits per heavy atom. The van der Waals surface area contributed by atoms with Crippen LogP contribution >= 0.6 is 15.9 Å². The van der Waals surface area contributed by atoms with Crippen LogP contribution in [0.25, 0.3) is 6.08 Å². The number of carbonyl (C=O) groups excluding carboxylic acids is 4. The molecule has 0 atom stereocenters. The molecule has 1 aliphatic rings. The largest absolute Gasteiger partial charge is 0.493 e. The number of benzene rings is 3. The molecule has 0 spiro atoms. The van der Waals surface area contributed by atoms with E-state index in [-0.39, 0.29) is 29.5 Å². The van der Waals surface area contributed by atoms with Gasteiger partial charge in [0.2, 0.25) is 0 Å². The lowest BCUT2D eigenvalue weighted by molar-refractivity contribution is -0.122. The summed E-state index contributed by atoms with van der Waals surface area (Å²) in [5.41, 5.74) is 1.91. The molecule has 1 heterocycles. The monoisotopic (exact) mass is 621 g/mol. The Labute approximate surface area is 245 Å². The van der Waals surface area contributed by atoms with Crippen LogP contribution in [0.3, 0.4) is 0 Å². The van der Waals surface area contributed by atoms with Gasteiger partial charge in [0.25, 0.3) is 17.7 Å². The number of carbonyl (C=O) groups is 4. The van der Waals surface area contributed by atoms with Crippen LogP contribution in [0.4, 0.5) is 16.2 Å². The quantitative estimate of drug-likeness (QED) is 0.234. The van der Waals surface area contributed by atoms with E-state index in [1.807, 2.05) is 26.0 Å². The molecule has 5 amide bonds. The number of hydrogen-bond acceptors (Lipinski definition) is 7. The molecule has 10 nitrogen and oxygen atoms in total. The van der Waals surface area contributed by atoms with Crippen molar-refractivity contribution in [3.8, 4) is 17.2 Å². The molecule has 0 radical (unpaired) electrons. The minimum absolute atomic E-state index is 0.185. The van der Waals surface area contributed by atoms with E-state index in [1.54, 1.807) is 36.4 Å². The van der Waals surface area contributed by atoms with Gasteiger partial charge in [0.15, 0.2) is 18.1 Å². The highest BCUT2D eigenvalue weighted by Gasteiger charge is 2.37. The van der Waals surface area contributed by atoms with Crippen molar-refractivity contribution < 1.29 is 33.4 Å². The summed E-state index contributed by atoms with van der Waals surface area (Å²) in [4.78, 5) is 52.3. The molecule has 212 valence electrons. The van der Waals surface area contributed by atoms with Gasteiger partial charge in [-0.1, -0.05) is 40.5 Å². The number of hydrogen-bond donors (Lipinski definition) is 2. The van der Waals surface area contributed by atoms with E-state index in [1.165, 1.54) is 25.3 Å². The van der Waals surface area contributed by atoms with E-state index in [4.69, 9.17) is 14.2 Å². The second kappa shape index (κ2) is 13.1. The first-order chi connectivity index (χ1) is 19.7. The SMILES string of the molecule is CCCOc1ccc(N2C(=O)NC(=O)/C(=C\c3cc(Br)ccc3OCC(=O)Nc3ccc(C)cc3)C2=O)cc1OC. The highest BCUT2D eigenvalue weighted by atomic mass is 79.9. The first-order valence-corrected chi connectivity index (χ1v) is 13.5. The zero-order valence-corrected chi connectivity index (χ0v) is 24.2. The summed E-state index contributed by atoms with van der Waals surface area (Å²) >= 11 is 3.38. The van der Waals surface area contributed by atoms with Gasteiger partial charge in [-0.15, -0.1) is 0 Å². The normalized spacial score (nSPS) is 14.1. The Hall–Kier alpha value is -4.64. The van der Waals surface area contributed by atoms with Crippen molar-refractivity contribution in [3.63, 3.8) is 0 Å². The molecule has 1 aliphatic heterocycles. The second-order valence-corrected chi connectivity index (χ2v) is 9.94. The molecule has 41 heavy (non-hydrogen) atoms. The average Bonchev–Trinajstić information content (AvgIpc) is 2.95. The van der Waals surface area contributed by atoms with Gasteiger partial charge in [-0.3, -0.25) is 19.7 Å². The standard InChI is InChI=1S/C30H28BrN3O7/c1-4-13-40-25-12-10-22(16-26(25)39-3)34-29(37)23(28(36)33-30(34)38)15-19-14-20(31)7-11-24(19)41-17-27(35)32-21-8-5-18(2)6-9-21/h5-12,14-16H,4,13,17H2,1-3H3,(H,32,35)(H,33,36,38)/b23-15+. The number of anilines is 2. The molecule has 0 unspecified atom stereocenters. The van der Waals surface area contributed by atoms with Crippen molar-refractivity contribution in [2.75, 3.05) is 30.5 Å². The van der Waals surface area contributed by atoms with Gasteiger partial charge in [0.05, 0.1) is 19.4 Å². The van der Waals surface area contributed by atoms with Crippen LogP contribution < -0.4 is 29.7 Å². The molecular weight excluding hydrogens is 594 g/mol. The van der Waals surface area contributed by atoms with Crippen molar-refractivity contribution in [1.82, 2.24) is 5.32 Å². The van der Waals surface area contributed by atoms with Gasteiger partial charge in [0.1, 0.15) is 11.3 Å². The van der Waals surface area contributed by atoms with Crippen molar-refractivity contribution >= 4 is 57.1 Å². The van der Waals surface area contributed by atoms with E-state index in [0.717, 1.165) is 16.9 Å². The van der Waals surface area contributed by atoms with Crippen LogP contribution in [-0.4, -0.2) is 44.1 Å². The third kappa shape index (κ3) is 7.12. The summed E-state index contributed by atoms with van der Waals surface area (Å²) in [6, 6.07) is 15.9. The number of barbiturate groups is 1. The van der Waals surface area contributed by atoms with Crippen LogP contribution in [0.1, 0.15) is 24.5 Å². The van der Waals surface area contributed by atoms with Gasteiger partial charge in [-0.05, 0) is 61.9 Å². The maximum absolute atomic E-state index is 13.5. The highest BCUT2D eigenvalue weighted by molar-refractivity contribution is 9.10. The summed E-state index contributed by atoms with van der Waals surface area (Å²) in [7, 11) is 1.45. The summed E-state index contributed by atoms with van der Waals surface area (Å²) in [6.45, 7) is 4.05. The minimum atomic E-state index is -0.903. The van der Waals surface area contributed by atoms with Crippen LogP contribution in [0.15, 0.2) is 70.7 Å². The molecule has 3 aromatic rings. The van der Waals surface area contributed by atoms with Crippen LogP contribution in [0, 0.1) is 6.92 Å². The fourth-order valence-electron chi connectivity index (χ4n) is 3.91. The lowest BCUT2D eigenvalue weighted by Crippen LogP contribution is -2.54. The highest BCUT2D eigenvalue weighted by Crippen LogP contribution is 2.34. The van der Waals surface area contributed by atoms with Crippen LogP contribution in [0.5, 0.6) is 17.2 Å². The predicted octanol–water partition coefficient (Wildman–Crippen LogP) is 5.24. The molecule has 2 N–H and O–H groups in total. The van der Waals surface area contributed by atoms with E-state index in [9.17, 15) is 19.2 Å². The molecule has 11 heteroatoms. The third-order valence-corrected chi connectivity index (χ3v) is 6.43. The summed E-state index contributed by atoms with van der Waals surface area (Å²) in [5.74, 6) is -1.07. The van der Waals surface area contributed by atoms with Gasteiger partial charge >= 0.3 is 6.03 Å². The van der Waals surface area contributed by atoms with Gasteiger partial charge in [-0.25, -0.2) is 9.69 Å². The van der Waals surface area contributed by atoms with Gasteiger partial charge in [0, 0.05) is 21.8 Å². The predicted molar refractivity (Wildman–Crippen MR) is 157 cm³/mol. The Bertz CT molecular complexity index is 1520. The number of ether oxygens (including phenoxy) is 3. The molecule has 1 fully saturated rings. The smallest absolute Gasteiger partial charge is 0.335 e. The topological polar surface area (TPSA) is 123 Å². The molecule has 0 aromatic heterocycles. The fourth-order valence-corrected chi connectivity index (χ4v) is 4.29. The second-order valence-electron chi connectivity index (χ2n) is 9.03. The minimum Gasteiger partial charge on any atom is -0.493 e. The van der Waals surface area contributed by atoms with Crippen molar-refractivity contribution in [3.05, 3.63) is 81.8 Å². The lowest BCUT2D eigenvalue weighted by Gasteiger charge is -2.27. The first kappa shape index (κ1) is 29.3. The average molecular weight is 622 g/mol. The molecule has 0 bridgehead atoms. The van der Waals surface area contributed by atoms with Crippen molar-refractivity contribution in [2.45, 2.75) is 20.3 Å². The Morgan fingerprint density at radius 1 is 0.976 bits per heavy atom.